The van der Waals surface area contributed by atoms with Crippen LogP contribution in [-0.4, -0.2) is 54.1 Å². The van der Waals surface area contributed by atoms with E-state index < -0.39 is 12.2 Å². The summed E-state index contributed by atoms with van der Waals surface area (Å²) in [6.07, 6.45) is -1.24. The number of ether oxygens (including phenoxy) is 1. The van der Waals surface area contributed by atoms with Gasteiger partial charge in [-0.2, -0.15) is 0 Å². The molecule has 1 heterocycles. The lowest BCUT2D eigenvalue weighted by atomic mass is 9.96. The van der Waals surface area contributed by atoms with Gasteiger partial charge in [0.05, 0.1) is 6.04 Å². The minimum atomic E-state index is -0.902. The van der Waals surface area contributed by atoms with E-state index in [1.54, 1.807) is 4.90 Å². The first kappa shape index (κ1) is 21.8. The van der Waals surface area contributed by atoms with Crippen molar-refractivity contribution >= 4 is 12.0 Å². The van der Waals surface area contributed by atoms with Crippen molar-refractivity contribution in [1.29, 1.82) is 0 Å². The second-order valence-corrected chi connectivity index (χ2v) is 8.14. The lowest BCUT2D eigenvalue weighted by Crippen LogP contribution is -2.53. The molecule has 6 nitrogen and oxygen atoms in total. The molecule has 1 unspecified atom stereocenters. The van der Waals surface area contributed by atoms with Crippen LogP contribution in [0.5, 0.6) is 0 Å². The molecule has 0 spiro atoms. The number of carbonyl (C=O) groups is 2. The van der Waals surface area contributed by atoms with Gasteiger partial charge in [0, 0.05) is 26.2 Å². The number of nitrogens with zero attached hydrogens (tertiary/aromatic N) is 2. The van der Waals surface area contributed by atoms with Gasteiger partial charge >= 0.3 is 6.09 Å². The highest BCUT2D eigenvalue weighted by molar-refractivity contribution is 5.83. The van der Waals surface area contributed by atoms with E-state index >= 15 is 0 Å². The third-order valence-electron chi connectivity index (χ3n) is 5.44. The van der Waals surface area contributed by atoms with E-state index in [9.17, 15) is 9.59 Å². The van der Waals surface area contributed by atoms with E-state index in [0.717, 1.165) is 13.1 Å². The van der Waals surface area contributed by atoms with E-state index in [0.29, 0.717) is 19.5 Å². The van der Waals surface area contributed by atoms with Crippen LogP contribution in [0.4, 0.5) is 4.79 Å². The molecule has 6 heteroatoms. The molecule has 160 valence electrons. The van der Waals surface area contributed by atoms with Crippen LogP contribution in [-0.2, 0) is 9.53 Å². The summed E-state index contributed by atoms with van der Waals surface area (Å²) in [6, 6.07) is 21.0. The summed E-state index contributed by atoms with van der Waals surface area (Å²) in [5, 5.41) is 0. The topological polar surface area (TPSA) is 75.9 Å². The molecule has 30 heavy (non-hydrogen) atoms. The molecule has 0 radical (unpaired) electrons. The van der Waals surface area contributed by atoms with Crippen molar-refractivity contribution in [2.45, 2.75) is 32.4 Å². The summed E-state index contributed by atoms with van der Waals surface area (Å²) in [4.78, 5) is 28.4. The predicted octanol–water partition coefficient (Wildman–Crippen LogP) is 3.43. The van der Waals surface area contributed by atoms with Crippen molar-refractivity contribution in [2.24, 2.45) is 11.7 Å². The zero-order valence-electron chi connectivity index (χ0n) is 17.7. The van der Waals surface area contributed by atoms with Crippen molar-refractivity contribution in [1.82, 2.24) is 9.80 Å². The predicted molar refractivity (Wildman–Crippen MR) is 117 cm³/mol. The summed E-state index contributed by atoms with van der Waals surface area (Å²) < 4.78 is 5.12. The monoisotopic (exact) mass is 409 g/mol. The maximum absolute atomic E-state index is 13.0. The first-order chi connectivity index (χ1) is 14.5. The van der Waals surface area contributed by atoms with Gasteiger partial charge in [-0.25, -0.2) is 4.79 Å². The standard InChI is InChI=1S/C24H31N3O3/c1-18(2)17-21(30-24(25)29)23(28)27-15-13-26(14-16-27)22(19-9-5-3-6-10-19)20-11-7-4-8-12-20/h3-12,18,21-22H,13-17H2,1-2H3,(H2,25,29). The van der Waals surface area contributed by atoms with Gasteiger partial charge in [-0.15, -0.1) is 0 Å². The summed E-state index contributed by atoms with van der Waals surface area (Å²) in [7, 11) is 0. The maximum Gasteiger partial charge on any atom is 0.405 e. The van der Waals surface area contributed by atoms with Gasteiger partial charge in [-0.3, -0.25) is 9.69 Å². The van der Waals surface area contributed by atoms with Crippen LogP contribution in [0.3, 0.4) is 0 Å². The molecule has 0 saturated carbocycles. The highest BCUT2D eigenvalue weighted by atomic mass is 16.6. The Bertz CT molecular complexity index is 779. The van der Waals surface area contributed by atoms with Gasteiger partial charge < -0.3 is 15.4 Å². The number of piperazine rings is 1. The zero-order chi connectivity index (χ0) is 21.5. The van der Waals surface area contributed by atoms with Crippen molar-refractivity contribution in [3.05, 3.63) is 71.8 Å². The van der Waals surface area contributed by atoms with E-state index in [-0.39, 0.29) is 17.9 Å². The minimum Gasteiger partial charge on any atom is -0.436 e. The van der Waals surface area contributed by atoms with Crippen molar-refractivity contribution in [3.63, 3.8) is 0 Å². The molecule has 0 bridgehead atoms. The molecule has 0 aliphatic carbocycles. The molecule has 2 aromatic carbocycles. The van der Waals surface area contributed by atoms with Crippen LogP contribution in [0.2, 0.25) is 0 Å². The smallest absolute Gasteiger partial charge is 0.405 e. The average Bonchev–Trinajstić information content (AvgIpc) is 2.74. The highest BCUT2D eigenvalue weighted by Crippen LogP contribution is 2.29. The molecule has 3 rings (SSSR count). The van der Waals surface area contributed by atoms with Crippen LogP contribution < -0.4 is 5.73 Å². The molecule has 2 amide bonds. The Hall–Kier alpha value is -2.86. The molecule has 2 aromatic rings. The Morgan fingerprint density at radius 2 is 1.40 bits per heavy atom. The third-order valence-corrected chi connectivity index (χ3v) is 5.44. The van der Waals surface area contributed by atoms with Crippen molar-refractivity contribution in [2.75, 3.05) is 26.2 Å². The van der Waals surface area contributed by atoms with Crippen LogP contribution >= 0.6 is 0 Å². The SMILES string of the molecule is CC(C)CC(OC(N)=O)C(=O)N1CCN(C(c2ccccc2)c2ccccc2)CC1. The number of benzene rings is 2. The van der Waals surface area contributed by atoms with E-state index in [1.165, 1.54) is 11.1 Å². The average molecular weight is 410 g/mol. The second-order valence-electron chi connectivity index (χ2n) is 8.14. The molecule has 1 atom stereocenters. The summed E-state index contributed by atoms with van der Waals surface area (Å²) >= 11 is 0. The van der Waals surface area contributed by atoms with Crippen molar-refractivity contribution in [3.8, 4) is 0 Å². The number of nitrogens with two attached hydrogens (primary N) is 1. The Labute approximate surface area is 178 Å². The fraction of sp³-hybridized carbons (Fsp3) is 0.417. The fourth-order valence-corrected chi connectivity index (χ4v) is 4.06. The van der Waals surface area contributed by atoms with Gasteiger partial charge in [-0.05, 0) is 23.5 Å². The summed E-state index contributed by atoms with van der Waals surface area (Å²) in [6.45, 7) is 6.65. The van der Waals surface area contributed by atoms with E-state index in [2.05, 4.69) is 53.4 Å². The van der Waals surface area contributed by atoms with Gasteiger partial charge in [0.25, 0.3) is 5.91 Å². The lowest BCUT2D eigenvalue weighted by Gasteiger charge is -2.40. The highest BCUT2D eigenvalue weighted by Gasteiger charge is 2.32. The molecule has 1 aliphatic rings. The Morgan fingerprint density at radius 1 is 0.900 bits per heavy atom. The Balaban J connectivity index is 1.72. The van der Waals surface area contributed by atoms with E-state index in [4.69, 9.17) is 10.5 Å². The molecular weight excluding hydrogens is 378 g/mol. The Morgan fingerprint density at radius 3 is 1.83 bits per heavy atom. The first-order valence-corrected chi connectivity index (χ1v) is 10.5. The lowest BCUT2D eigenvalue weighted by molar-refractivity contribution is -0.143. The van der Waals surface area contributed by atoms with E-state index in [1.807, 2.05) is 26.0 Å². The van der Waals surface area contributed by atoms with Gasteiger partial charge in [-0.1, -0.05) is 74.5 Å². The molecule has 1 aliphatic heterocycles. The second kappa shape index (κ2) is 10.3. The molecular formula is C24H31N3O3. The zero-order valence-corrected chi connectivity index (χ0v) is 17.7. The quantitative estimate of drug-likeness (QED) is 0.760. The van der Waals surface area contributed by atoms with Crippen LogP contribution in [0.25, 0.3) is 0 Å². The first-order valence-electron chi connectivity index (χ1n) is 10.5. The van der Waals surface area contributed by atoms with Crippen molar-refractivity contribution < 1.29 is 14.3 Å². The van der Waals surface area contributed by atoms with Crippen LogP contribution in [0, 0.1) is 5.92 Å². The normalized spacial score (nSPS) is 15.9. The number of primary amides is 1. The van der Waals surface area contributed by atoms with Crippen LogP contribution in [0.1, 0.15) is 37.4 Å². The molecule has 1 saturated heterocycles. The molecule has 2 N–H and O–H groups in total. The number of hydrogen-bond donors (Lipinski definition) is 1. The van der Waals surface area contributed by atoms with Crippen LogP contribution in [0.15, 0.2) is 60.7 Å². The van der Waals surface area contributed by atoms with Gasteiger partial charge in [0.1, 0.15) is 0 Å². The summed E-state index contributed by atoms with van der Waals surface area (Å²) in [5.41, 5.74) is 7.66. The number of hydrogen-bond acceptors (Lipinski definition) is 4. The largest absolute Gasteiger partial charge is 0.436 e. The third kappa shape index (κ3) is 5.60. The maximum atomic E-state index is 13.0. The molecule has 0 aromatic heterocycles. The minimum absolute atomic E-state index is 0.137. The number of carbonyl (C=O) groups excluding carboxylic acids is 2. The Kier molecular flexibility index (Phi) is 7.46. The number of rotatable bonds is 7. The van der Waals surface area contributed by atoms with Gasteiger partial charge in [0.2, 0.25) is 0 Å². The fourth-order valence-electron chi connectivity index (χ4n) is 4.06. The number of amides is 2. The van der Waals surface area contributed by atoms with Gasteiger partial charge in [0.15, 0.2) is 6.10 Å². The molecule has 1 fully saturated rings. The summed E-state index contributed by atoms with van der Waals surface area (Å²) in [5.74, 6) is 0.0678.